The van der Waals surface area contributed by atoms with Crippen LogP contribution in [0.1, 0.15) is 19.1 Å². The van der Waals surface area contributed by atoms with Crippen molar-refractivity contribution >= 4 is 10.8 Å². The third kappa shape index (κ3) is 2.67. The van der Waals surface area contributed by atoms with Crippen molar-refractivity contribution in [3.05, 3.63) is 52.3 Å². The van der Waals surface area contributed by atoms with E-state index in [1.165, 1.54) is 13.2 Å². The minimum absolute atomic E-state index is 0.0430. The van der Waals surface area contributed by atoms with Gasteiger partial charge in [0, 0.05) is 6.42 Å². The van der Waals surface area contributed by atoms with E-state index in [-0.39, 0.29) is 11.1 Å². The molecule has 0 saturated heterocycles. The fraction of sp³-hybridized carbons (Fsp3) is 0.267. The topological polar surface area (TPSA) is 39.4 Å². The molecule has 1 heterocycles. The largest absolute Gasteiger partial charge is 0.494 e. The highest BCUT2D eigenvalue weighted by Crippen LogP contribution is 2.24. The van der Waals surface area contributed by atoms with Crippen molar-refractivity contribution in [2.45, 2.75) is 19.8 Å². The first-order chi connectivity index (χ1) is 9.17. The van der Waals surface area contributed by atoms with Crippen LogP contribution in [0.2, 0.25) is 0 Å². The van der Waals surface area contributed by atoms with Crippen LogP contribution >= 0.6 is 0 Å². The molecule has 4 heteroatoms. The normalized spacial score (nSPS) is 11.3. The van der Waals surface area contributed by atoms with Gasteiger partial charge >= 0.3 is 5.63 Å². The van der Waals surface area contributed by atoms with Gasteiger partial charge in [-0.15, -0.1) is 0 Å². The summed E-state index contributed by atoms with van der Waals surface area (Å²) in [5.41, 5.74) is -0.663. The van der Waals surface area contributed by atoms with Gasteiger partial charge in [-0.1, -0.05) is 18.2 Å². The Kier molecular flexibility index (Phi) is 4.00. The number of hydrogen-bond donors (Lipinski definition) is 0. The first-order valence-corrected chi connectivity index (χ1v) is 6.07. The molecule has 0 fully saturated rings. The van der Waals surface area contributed by atoms with Gasteiger partial charge in [0.05, 0.1) is 7.11 Å². The maximum Gasteiger partial charge on any atom is 0.346 e. The van der Waals surface area contributed by atoms with Crippen LogP contribution in [0.5, 0.6) is 5.75 Å². The average Bonchev–Trinajstić information content (AvgIpc) is 2.39. The van der Waals surface area contributed by atoms with Crippen molar-refractivity contribution in [3.63, 3.8) is 0 Å². The molecule has 1 aromatic carbocycles. The summed E-state index contributed by atoms with van der Waals surface area (Å²) in [6.45, 7) is 1.93. The molecule has 0 amide bonds. The number of hydrogen-bond acceptors (Lipinski definition) is 3. The Bertz CT molecular complexity index is 671. The van der Waals surface area contributed by atoms with Gasteiger partial charge in [0.1, 0.15) is 11.1 Å². The van der Waals surface area contributed by atoms with Gasteiger partial charge in [-0.05, 0) is 30.9 Å². The molecule has 0 bridgehead atoms. The zero-order valence-corrected chi connectivity index (χ0v) is 10.9. The molecule has 0 aliphatic rings. The van der Waals surface area contributed by atoms with E-state index in [9.17, 15) is 9.18 Å². The summed E-state index contributed by atoms with van der Waals surface area (Å²) >= 11 is 0. The summed E-state index contributed by atoms with van der Waals surface area (Å²) in [6, 6.07) is 4.86. The predicted octanol–water partition coefficient (Wildman–Crippen LogP) is 3.45. The monoisotopic (exact) mass is 262 g/mol. The summed E-state index contributed by atoms with van der Waals surface area (Å²) in [4.78, 5) is 11.8. The van der Waals surface area contributed by atoms with Gasteiger partial charge in [-0.3, -0.25) is 0 Å². The highest BCUT2D eigenvalue weighted by Gasteiger charge is 2.13. The van der Waals surface area contributed by atoms with Crippen LogP contribution in [-0.2, 0) is 6.42 Å². The molecule has 0 aliphatic heterocycles. The maximum absolute atomic E-state index is 14.0. The van der Waals surface area contributed by atoms with Gasteiger partial charge in [0.15, 0.2) is 11.6 Å². The van der Waals surface area contributed by atoms with Crippen molar-refractivity contribution in [2.75, 3.05) is 7.11 Å². The van der Waals surface area contributed by atoms with Crippen LogP contribution in [0.25, 0.3) is 10.8 Å². The Morgan fingerprint density at radius 1 is 1.42 bits per heavy atom. The van der Waals surface area contributed by atoms with Crippen LogP contribution in [0.3, 0.4) is 0 Å². The van der Waals surface area contributed by atoms with Crippen molar-refractivity contribution < 1.29 is 13.5 Å². The van der Waals surface area contributed by atoms with Crippen LogP contribution in [0.4, 0.5) is 4.39 Å². The minimum Gasteiger partial charge on any atom is -0.494 e. The molecule has 0 aliphatic carbocycles. The lowest BCUT2D eigenvalue weighted by molar-refractivity contribution is 0.387. The van der Waals surface area contributed by atoms with Crippen LogP contribution in [0, 0.1) is 5.82 Å². The molecule has 0 atom stereocenters. The highest BCUT2D eigenvalue weighted by atomic mass is 19.1. The van der Waals surface area contributed by atoms with E-state index in [1.807, 2.05) is 19.1 Å². The third-order valence-corrected chi connectivity index (χ3v) is 2.90. The SMILES string of the molecule is C/C=C/CCc1cc2ccc(OC)c(F)c2c(=O)o1. The van der Waals surface area contributed by atoms with Crippen molar-refractivity contribution in [1.29, 1.82) is 0 Å². The Balaban J connectivity index is 2.50. The molecule has 0 N–H and O–H groups in total. The Hall–Kier alpha value is -2.10. The number of allylic oxidation sites excluding steroid dienone is 2. The second-order valence-corrected chi connectivity index (χ2v) is 4.15. The Morgan fingerprint density at radius 3 is 2.89 bits per heavy atom. The fourth-order valence-electron chi connectivity index (χ4n) is 1.95. The molecule has 19 heavy (non-hydrogen) atoms. The van der Waals surface area contributed by atoms with E-state index in [2.05, 4.69) is 0 Å². The molecule has 1 aromatic heterocycles. The molecular formula is C15H15FO3. The van der Waals surface area contributed by atoms with Crippen LogP contribution in [0.15, 0.2) is 39.6 Å². The summed E-state index contributed by atoms with van der Waals surface area (Å²) in [6.07, 6.45) is 5.31. The number of halogens is 1. The lowest BCUT2D eigenvalue weighted by Crippen LogP contribution is -2.05. The number of aryl methyl sites for hydroxylation is 1. The molecule has 0 saturated carbocycles. The number of rotatable bonds is 4. The van der Waals surface area contributed by atoms with Crippen LogP contribution < -0.4 is 10.4 Å². The summed E-state index contributed by atoms with van der Waals surface area (Å²) in [7, 11) is 1.36. The summed E-state index contributed by atoms with van der Waals surface area (Å²) < 4.78 is 24.0. The fourth-order valence-corrected chi connectivity index (χ4v) is 1.95. The smallest absolute Gasteiger partial charge is 0.346 e. The second-order valence-electron chi connectivity index (χ2n) is 4.15. The summed E-state index contributed by atoms with van der Waals surface area (Å²) in [5, 5.41) is 0.471. The van der Waals surface area contributed by atoms with Gasteiger partial charge in [-0.25, -0.2) is 9.18 Å². The van der Waals surface area contributed by atoms with E-state index < -0.39 is 11.4 Å². The van der Waals surface area contributed by atoms with E-state index in [0.717, 1.165) is 6.42 Å². The molecule has 3 nitrogen and oxygen atoms in total. The first kappa shape index (κ1) is 13.3. The number of ether oxygens (including phenoxy) is 1. The minimum atomic E-state index is -0.672. The van der Waals surface area contributed by atoms with Gasteiger partial charge < -0.3 is 9.15 Å². The third-order valence-electron chi connectivity index (χ3n) is 2.90. The van der Waals surface area contributed by atoms with Crippen molar-refractivity contribution in [2.24, 2.45) is 0 Å². The summed E-state index contributed by atoms with van der Waals surface area (Å²) in [5.74, 6) is -0.0737. The predicted molar refractivity (Wildman–Crippen MR) is 72.1 cm³/mol. The number of methoxy groups -OCH3 is 1. The molecule has 2 rings (SSSR count). The van der Waals surface area contributed by atoms with E-state index in [1.54, 1.807) is 12.1 Å². The van der Waals surface area contributed by atoms with Gasteiger partial charge in [0.2, 0.25) is 0 Å². The highest BCUT2D eigenvalue weighted by molar-refractivity contribution is 5.83. The van der Waals surface area contributed by atoms with Crippen molar-refractivity contribution in [3.8, 4) is 5.75 Å². The molecule has 100 valence electrons. The number of benzene rings is 1. The van der Waals surface area contributed by atoms with E-state index >= 15 is 0 Å². The standard InChI is InChI=1S/C15H15FO3/c1-3-4-5-6-11-9-10-7-8-12(18-2)14(16)13(10)15(17)19-11/h3-4,7-9H,5-6H2,1-2H3/b4-3+. The second kappa shape index (κ2) is 5.69. The molecule has 0 radical (unpaired) electrons. The van der Waals surface area contributed by atoms with E-state index in [4.69, 9.17) is 9.15 Å². The van der Waals surface area contributed by atoms with Gasteiger partial charge in [0.25, 0.3) is 0 Å². The Morgan fingerprint density at radius 2 is 2.21 bits per heavy atom. The lowest BCUT2D eigenvalue weighted by atomic mass is 10.1. The maximum atomic E-state index is 14.0. The average molecular weight is 262 g/mol. The molecule has 0 spiro atoms. The molecule has 0 unspecified atom stereocenters. The molecule has 2 aromatic rings. The zero-order chi connectivity index (χ0) is 13.8. The first-order valence-electron chi connectivity index (χ1n) is 6.07. The van der Waals surface area contributed by atoms with Gasteiger partial charge in [-0.2, -0.15) is 0 Å². The Labute approximate surface area is 110 Å². The zero-order valence-electron chi connectivity index (χ0n) is 10.9. The van der Waals surface area contributed by atoms with Crippen LogP contribution in [-0.4, -0.2) is 7.11 Å². The lowest BCUT2D eigenvalue weighted by Gasteiger charge is -2.05. The quantitative estimate of drug-likeness (QED) is 0.792. The van der Waals surface area contributed by atoms with Crippen molar-refractivity contribution in [1.82, 2.24) is 0 Å². The molecular weight excluding hydrogens is 247 g/mol. The van der Waals surface area contributed by atoms with E-state index in [0.29, 0.717) is 17.6 Å². The number of fused-ring (bicyclic) bond motifs is 1.